The van der Waals surface area contributed by atoms with Crippen LogP contribution in [0.25, 0.3) is 0 Å². The van der Waals surface area contributed by atoms with Gasteiger partial charge in [-0.25, -0.2) is 9.97 Å². The Bertz CT molecular complexity index is 577. The summed E-state index contributed by atoms with van der Waals surface area (Å²) in [7, 11) is 2.00. The molecular formula is C19H31N5O2. The maximum absolute atomic E-state index is 12.9. The molecule has 7 heteroatoms. The quantitative estimate of drug-likeness (QED) is 0.843. The topological polar surface area (TPSA) is 72.8 Å². The molecule has 2 heterocycles. The van der Waals surface area contributed by atoms with Gasteiger partial charge in [0.05, 0.1) is 12.1 Å². The number of aliphatic hydroxyl groups is 1. The molecule has 1 saturated heterocycles. The monoisotopic (exact) mass is 361 g/mol. The molecule has 0 bridgehead atoms. The second kappa shape index (κ2) is 8.77. The molecule has 1 amide bonds. The third-order valence-corrected chi connectivity index (χ3v) is 5.84. The summed E-state index contributed by atoms with van der Waals surface area (Å²) in [5.74, 6) is 1.19. The Kier molecular flexibility index (Phi) is 6.43. The zero-order chi connectivity index (χ0) is 18.5. The number of likely N-dealkylation sites (N-methyl/N-ethyl adjacent to an activating group) is 1. The molecule has 2 fully saturated rings. The van der Waals surface area contributed by atoms with Gasteiger partial charge in [0.25, 0.3) is 0 Å². The summed E-state index contributed by atoms with van der Waals surface area (Å²) in [5.41, 5.74) is 0. The van der Waals surface area contributed by atoms with Crippen LogP contribution in [0.1, 0.15) is 32.6 Å². The highest BCUT2D eigenvalue weighted by molar-refractivity contribution is 5.81. The van der Waals surface area contributed by atoms with Crippen LogP contribution in [-0.4, -0.2) is 82.7 Å². The fourth-order valence-corrected chi connectivity index (χ4v) is 3.96. The van der Waals surface area contributed by atoms with Gasteiger partial charge in [0.2, 0.25) is 11.9 Å². The Morgan fingerprint density at radius 1 is 1.23 bits per heavy atom. The Morgan fingerprint density at radius 3 is 2.54 bits per heavy atom. The highest BCUT2D eigenvalue weighted by Gasteiger charge is 2.30. The van der Waals surface area contributed by atoms with Crippen molar-refractivity contribution < 1.29 is 9.90 Å². The lowest BCUT2D eigenvalue weighted by Gasteiger charge is -2.38. The Balaban J connectivity index is 1.49. The highest BCUT2D eigenvalue weighted by atomic mass is 16.3. The number of aliphatic hydroxyl groups excluding tert-OH is 1. The van der Waals surface area contributed by atoms with Crippen molar-refractivity contribution in [1.82, 2.24) is 19.8 Å². The van der Waals surface area contributed by atoms with Crippen molar-refractivity contribution in [2.45, 2.75) is 44.8 Å². The fourth-order valence-electron chi connectivity index (χ4n) is 3.96. The lowest BCUT2D eigenvalue weighted by molar-refractivity contribution is -0.136. The number of aromatic nitrogens is 2. The fraction of sp³-hybridized carbons (Fsp3) is 0.737. The van der Waals surface area contributed by atoms with Crippen LogP contribution in [-0.2, 0) is 4.79 Å². The summed E-state index contributed by atoms with van der Waals surface area (Å²) in [6, 6.07) is 1.65. The highest BCUT2D eigenvalue weighted by Crippen LogP contribution is 2.25. The minimum atomic E-state index is -0.220. The summed E-state index contributed by atoms with van der Waals surface area (Å²) in [6.45, 7) is 5.67. The molecule has 26 heavy (non-hydrogen) atoms. The van der Waals surface area contributed by atoms with Crippen LogP contribution in [0.2, 0.25) is 0 Å². The third-order valence-electron chi connectivity index (χ3n) is 5.84. The standard InChI is InChI=1S/C19H31N5O2/c1-15(22(2)14-16-6-3-4-7-17(16)25)18(26)23-10-12-24(13-11-23)19-20-8-5-9-21-19/h5,8-9,15-17,25H,3-4,6-7,10-14H2,1-2H3. The molecular weight excluding hydrogens is 330 g/mol. The Morgan fingerprint density at radius 2 is 1.88 bits per heavy atom. The van der Waals surface area contributed by atoms with Crippen molar-refractivity contribution in [2.24, 2.45) is 5.92 Å². The van der Waals surface area contributed by atoms with Crippen molar-refractivity contribution in [3.63, 3.8) is 0 Å². The second-order valence-corrected chi connectivity index (χ2v) is 7.59. The number of rotatable bonds is 5. The number of amides is 1. The summed E-state index contributed by atoms with van der Waals surface area (Å²) in [6.07, 6.45) is 7.52. The van der Waals surface area contributed by atoms with E-state index >= 15 is 0 Å². The van der Waals surface area contributed by atoms with Gasteiger partial charge in [-0.3, -0.25) is 9.69 Å². The predicted octanol–water partition coefficient (Wildman–Crippen LogP) is 0.997. The minimum absolute atomic E-state index is 0.163. The van der Waals surface area contributed by atoms with Gasteiger partial charge < -0.3 is 14.9 Å². The first-order valence-corrected chi connectivity index (χ1v) is 9.75. The average molecular weight is 361 g/mol. The minimum Gasteiger partial charge on any atom is -0.393 e. The zero-order valence-electron chi connectivity index (χ0n) is 15.9. The van der Waals surface area contributed by atoms with Crippen molar-refractivity contribution in [3.8, 4) is 0 Å². The van der Waals surface area contributed by atoms with Crippen LogP contribution < -0.4 is 4.90 Å². The van der Waals surface area contributed by atoms with Crippen molar-refractivity contribution in [2.75, 3.05) is 44.7 Å². The maximum Gasteiger partial charge on any atom is 0.239 e. The van der Waals surface area contributed by atoms with E-state index in [2.05, 4.69) is 19.8 Å². The van der Waals surface area contributed by atoms with Crippen molar-refractivity contribution >= 4 is 11.9 Å². The third kappa shape index (κ3) is 4.51. The number of anilines is 1. The number of nitrogens with zero attached hydrogens (tertiary/aromatic N) is 5. The predicted molar refractivity (Wildman–Crippen MR) is 101 cm³/mol. The maximum atomic E-state index is 12.9. The van der Waals surface area contributed by atoms with Crippen LogP contribution >= 0.6 is 0 Å². The second-order valence-electron chi connectivity index (χ2n) is 7.59. The molecule has 3 unspecified atom stereocenters. The van der Waals surface area contributed by atoms with Crippen molar-refractivity contribution in [3.05, 3.63) is 18.5 Å². The molecule has 1 aliphatic carbocycles. The van der Waals surface area contributed by atoms with Crippen molar-refractivity contribution in [1.29, 1.82) is 0 Å². The molecule has 1 aromatic heterocycles. The first kappa shape index (κ1) is 19.0. The van der Waals surface area contributed by atoms with E-state index in [0.29, 0.717) is 13.1 Å². The first-order valence-electron chi connectivity index (χ1n) is 9.75. The van der Waals surface area contributed by atoms with Gasteiger partial charge in [-0.1, -0.05) is 12.8 Å². The van der Waals surface area contributed by atoms with Gasteiger partial charge in [0.1, 0.15) is 0 Å². The van der Waals surface area contributed by atoms with Gasteiger partial charge in [-0.15, -0.1) is 0 Å². The molecule has 7 nitrogen and oxygen atoms in total. The van der Waals surface area contributed by atoms with Crippen LogP contribution in [0.3, 0.4) is 0 Å². The zero-order valence-corrected chi connectivity index (χ0v) is 15.9. The molecule has 1 N–H and O–H groups in total. The van der Waals surface area contributed by atoms with E-state index in [9.17, 15) is 9.90 Å². The van der Waals surface area contributed by atoms with E-state index in [1.165, 1.54) is 6.42 Å². The Labute approximate surface area is 156 Å². The molecule has 0 aromatic carbocycles. The van der Waals surface area contributed by atoms with Crippen LogP contribution in [0.4, 0.5) is 5.95 Å². The van der Waals surface area contributed by atoms with Crippen LogP contribution in [0.5, 0.6) is 0 Å². The van der Waals surface area contributed by atoms with Gasteiger partial charge in [-0.2, -0.15) is 0 Å². The SMILES string of the molecule is CC(C(=O)N1CCN(c2ncccn2)CC1)N(C)CC1CCCCC1O. The van der Waals surface area contributed by atoms with E-state index in [4.69, 9.17) is 0 Å². The lowest BCUT2D eigenvalue weighted by atomic mass is 9.86. The molecule has 1 aromatic rings. The van der Waals surface area contributed by atoms with Gasteiger partial charge in [0, 0.05) is 45.1 Å². The summed E-state index contributed by atoms with van der Waals surface area (Å²) >= 11 is 0. The molecule has 144 valence electrons. The van der Waals surface area contributed by atoms with E-state index in [0.717, 1.165) is 44.8 Å². The Hall–Kier alpha value is -1.73. The molecule has 2 aliphatic rings. The number of carbonyl (C=O) groups excluding carboxylic acids is 1. The van der Waals surface area contributed by atoms with E-state index in [1.54, 1.807) is 12.4 Å². The molecule has 1 saturated carbocycles. The van der Waals surface area contributed by atoms with E-state index in [1.807, 2.05) is 24.9 Å². The number of carbonyl (C=O) groups is 1. The van der Waals surface area contributed by atoms with Gasteiger partial charge >= 0.3 is 0 Å². The molecule has 0 radical (unpaired) electrons. The number of hydrogen-bond acceptors (Lipinski definition) is 6. The lowest BCUT2D eigenvalue weighted by Crippen LogP contribution is -2.54. The first-order chi connectivity index (χ1) is 12.6. The van der Waals surface area contributed by atoms with Crippen LogP contribution in [0, 0.1) is 5.92 Å². The number of hydrogen-bond donors (Lipinski definition) is 1. The molecule has 0 spiro atoms. The van der Waals surface area contributed by atoms with E-state index < -0.39 is 0 Å². The largest absolute Gasteiger partial charge is 0.393 e. The summed E-state index contributed by atoms with van der Waals surface area (Å²) in [4.78, 5) is 27.6. The van der Waals surface area contributed by atoms with Crippen LogP contribution in [0.15, 0.2) is 18.5 Å². The molecule has 1 aliphatic heterocycles. The number of piperazine rings is 1. The molecule has 3 atom stereocenters. The molecule has 3 rings (SSSR count). The van der Waals surface area contributed by atoms with Gasteiger partial charge in [0.15, 0.2) is 0 Å². The summed E-state index contributed by atoms with van der Waals surface area (Å²) < 4.78 is 0. The smallest absolute Gasteiger partial charge is 0.239 e. The average Bonchev–Trinajstić information content (AvgIpc) is 2.69. The van der Waals surface area contributed by atoms with E-state index in [-0.39, 0.29) is 24.0 Å². The summed E-state index contributed by atoms with van der Waals surface area (Å²) in [5, 5.41) is 10.2. The van der Waals surface area contributed by atoms with Gasteiger partial charge in [-0.05, 0) is 38.8 Å². The normalized spacial score (nSPS) is 25.4.